The summed E-state index contributed by atoms with van der Waals surface area (Å²) in [4.78, 5) is 23.4. The lowest BCUT2D eigenvalue weighted by Crippen LogP contribution is -2.55. The number of carboxylic acids is 1. The van der Waals surface area contributed by atoms with E-state index < -0.39 is 17.4 Å². The Balaban J connectivity index is 2.89. The summed E-state index contributed by atoms with van der Waals surface area (Å²) in [5.74, 6) is -1.19. The molecule has 1 atom stereocenters. The Kier molecular flexibility index (Phi) is 6.64. The normalized spacial score (nSPS) is 13.3. The Morgan fingerprint density at radius 3 is 2.64 bits per heavy atom. The first-order chi connectivity index (χ1) is 10.3. The van der Waals surface area contributed by atoms with Gasteiger partial charge in [-0.05, 0) is 19.9 Å². The highest BCUT2D eigenvalue weighted by molar-refractivity contribution is 6.32. The van der Waals surface area contributed by atoms with Gasteiger partial charge in [-0.1, -0.05) is 23.7 Å². The Labute approximate surface area is 134 Å². The zero-order chi connectivity index (χ0) is 16.8. The molecule has 6 nitrogen and oxygen atoms in total. The Bertz CT molecular complexity index is 549. The molecule has 1 rings (SSSR count). The minimum absolute atomic E-state index is 0.0392. The van der Waals surface area contributed by atoms with Gasteiger partial charge in [0.05, 0.1) is 24.7 Å². The average molecular weight is 330 g/mol. The molecule has 122 valence electrons. The van der Waals surface area contributed by atoms with Gasteiger partial charge in [-0.2, -0.15) is 0 Å². The van der Waals surface area contributed by atoms with Crippen molar-refractivity contribution >= 4 is 23.5 Å². The molecule has 0 aliphatic carbocycles. The largest absolute Gasteiger partial charge is 0.492 e. The predicted molar refractivity (Wildman–Crippen MR) is 82.4 cm³/mol. The third-order valence-corrected chi connectivity index (χ3v) is 3.31. The van der Waals surface area contributed by atoms with Crippen LogP contribution >= 0.6 is 11.6 Å². The monoisotopic (exact) mass is 329 g/mol. The van der Waals surface area contributed by atoms with Crippen LogP contribution in [-0.4, -0.2) is 42.8 Å². The molecular formula is C15H20ClNO5. The van der Waals surface area contributed by atoms with Gasteiger partial charge in [-0.25, -0.2) is 4.79 Å². The van der Waals surface area contributed by atoms with E-state index in [0.717, 1.165) is 0 Å². The zero-order valence-corrected chi connectivity index (χ0v) is 13.6. The van der Waals surface area contributed by atoms with Crippen LogP contribution in [0.1, 0.15) is 19.4 Å². The van der Waals surface area contributed by atoms with Crippen LogP contribution < -0.4 is 10.1 Å². The number of hydrogen-bond acceptors (Lipinski definition) is 4. The van der Waals surface area contributed by atoms with Crippen LogP contribution in [0.25, 0.3) is 0 Å². The van der Waals surface area contributed by atoms with Gasteiger partial charge in [0.1, 0.15) is 5.75 Å². The summed E-state index contributed by atoms with van der Waals surface area (Å²) in [7, 11) is 1.37. The first-order valence-corrected chi connectivity index (χ1v) is 7.15. The summed E-state index contributed by atoms with van der Waals surface area (Å²) in [5.41, 5.74) is -0.895. The quantitative estimate of drug-likeness (QED) is 0.760. The van der Waals surface area contributed by atoms with Gasteiger partial charge in [-0.15, -0.1) is 0 Å². The minimum Gasteiger partial charge on any atom is -0.492 e. The molecule has 0 saturated carbocycles. The van der Waals surface area contributed by atoms with Gasteiger partial charge >= 0.3 is 5.97 Å². The molecule has 0 fully saturated rings. The minimum atomic E-state index is -1.49. The number of carbonyl (C=O) groups is 2. The number of nitrogens with one attached hydrogen (secondary N) is 1. The summed E-state index contributed by atoms with van der Waals surface area (Å²) in [6.45, 7) is 3.47. The molecule has 0 bridgehead atoms. The number of para-hydroxylation sites is 1. The molecule has 0 spiro atoms. The lowest BCUT2D eigenvalue weighted by Gasteiger charge is -2.25. The van der Waals surface area contributed by atoms with E-state index >= 15 is 0 Å². The smallest absolute Gasteiger partial charge is 0.331 e. The second-order valence-corrected chi connectivity index (χ2v) is 5.36. The molecule has 2 N–H and O–H groups in total. The van der Waals surface area contributed by atoms with Crippen molar-refractivity contribution in [1.29, 1.82) is 0 Å². The lowest BCUT2D eigenvalue weighted by atomic mass is 10.0. The van der Waals surface area contributed by atoms with E-state index in [1.54, 1.807) is 18.2 Å². The van der Waals surface area contributed by atoms with Crippen molar-refractivity contribution in [2.24, 2.45) is 0 Å². The van der Waals surface area contributed by atoms with Gasteiger partial charge in [-0.3, -0.25) is 4.79 Å². The van der Waals surface area contributed by atoms with Crippen LogP contribution in [0.2, 0.25) is 5.02 Å². The van der Waals surface area contributed by atoms with E-state index in [0.29, 0.717) is 22.9 Å². The molecular weight excluding hydrogens is 310 g/mol. The van der Waals surface area contributed by atoms with E-state index in [4.69, 9.17) is 21.1 Å². The highest BCUT2D eigenvalue weighted by Crippen LogP contribution is 2.29. The highest BCUT2D eigenvalue weighted by Gasteiger charge is 2.35. The lowest BCUT2D eigenvalue weighted by molar-refractivity contribution is -0.149. The van der Waals surface area contributed by atoms with Gasteiger partial charge in [0.15, 0.2) is 5.54 Å². The number of aliphatic carboxylic acids is 1. The van der Waals surface area contributed by atoms with Crippen LogP contribution in [0.15, 0.2) is 18.2 Å². The third kappa shape index (κ3) is 4.61. The van der Waals surface area contributed by atoms with E-state index in [1.165, 1.54) is 14.0 Å². The molecule has 0 heterocycles. The summed E-state index contributed by atoms with van der Waals surface area (Å²) in [5, 5.41) is 12.1. The van der Waals surface area contributed by atoms with Crippen molar-refractivity contribution in [3.05, 3.63) is 28.8 Å². The molecule has 0 aliphatic rings. The van der Waals surface area contributed by atoms with Crippen molar-refractivity contribution in [2.45, 2.75) is 25.8 Å². The Morgan fingerprint density at radius 1 is 1.41 bits per heavy atom. The fourth-order valence-corrected chi connectivity index (χ4v) is 2.21. The average Bonchev–Trinajstić information content (AvgIpc) is 2.42. The number of halogens is 1. The molecule has 22 heavy (non-hydrogen) atoms. The van der Waals surface area contributed by atoms with Gasteiger partial charge in [0, 0.05) is 12.7 Å². The maximum absolute atomic E-state index is 12.1. The van der Waals surface area contributed by atoms with E-state index in [9.17, 15) is 14.7 Å². The number of carboxylic acid groups (broad SMARTS) is 1. The second-order valence-electron chi connectivity index (χ2n) is 4.96. The number of amides is 1. The molecule has 1 aromatic rings. The molecule has 1 amide bonds. The van der Waals surface area contributed by atoms with Crippen molar-refractivity contribution in [1.82, 2.24) is 5.32 Å². The zero-order valence-electron chi connectivity index (χ0n) is 12.8. The predicted octanol–water partition coefficient (Wildman–Crippen LogP) is 1.89. The maximum Gasteiger partial charge on any atom is 0.331 e. The van der Waals surface area contributed by atoms with E-state index in [-0.39, 0.29) is 13.0 Å². The van der Waals surface area contributed by atoms with Crippen molar-refractivity contribution in [3.63, 3.8) is 0 Å². The highest BCUT2D eigenvalue weighted by atomic mass is 35.5. The fraction of sp³-hybridized carbons (Fsp3) is 0.467. The van der Waals surface area contributed by atoms with Crippen molar-refractivity contribution < 1.29 is 24.2 Å². The first kappa shape index (κ1) is 18.3. The van der Waals surface area contributed by atoms with Crippen LogP contribution in [-0.2, 0) is 20.7 Å². The van der Waals surface area contributed by atoms with Crippen LogP contribution in [0.5, 0.6) is 5.75 Å². The number of carbonyl (C=O) groups excluding carboxylic acids is 1. The maximum atomic E-state index is 12.1. The molecule has 0 radical (unpaired) electrons. The summed E-state index contributed by atoms with van der Waals surface area (Å²) in [6.07, 6.45) is -0.0392. The van der Waals surface area contributed by atoms with Crippen molar-refractivity contribution in [2.75, 3.05) is 20.3 Å². The third-order valence-electron chi connectivity index (χ3n) is 3.01. The molecule has 1 unspecified atom stereocenters. The van der Waals surface area contributed by atoms with Crippen LogP contribution in [0.4, 0.5) is 0 Å². The Hall–Kier alpha value is -1.79. The van der Waals surface area contributed by atoms with Crippen LogP contribution in [0.3, 0.4) is 0 Å². The molecule has 0 aromatic heterocycles. The Morgan fingerprint density at radius 2 is 2.09 bits per heavy atom. The number of benzene rings is 1. The summed E-state index contributed by atoms with van der Waals surface area (Å²) >= 11 is 6.05. The number of methoxy groups -OCH3 is 1. The summed E-state index contributed by atoms with van der Waals surface area (Å²) in [6, 6.07) is 5.09. The number of ether oxygens (including phenoxy) is 2. The van der Waals surface area contributed by atoms with Gasteiger partial charge in [0.2, 0.25) is 5.91 Å². The topological polar surface area (TPSA) is 84.9 Å². The standard InChI is InChI=1S/C15H20ClNO5/c1-4-22-13-10(6-5-7-11(13)16)8-12(18)17-15(2,9-21-3)14(19)20/h5-7H,4,8-9H2,1-3H3,(H,17,18)(H,19,20). The van der Waals surface area contributed by atoms with Crippen LogP contribution in [0, 0.1) is 0 Å². The van der Waals surface area contributed by atoms with Crippen molar-refractivity contribution in [3.8, 4) is 5.75 Å². The van der Waals surface area contributed by atoms with Gasteiger partial charge < -0.3 is 19.9 Å². The molecule has 0 saturated heterocycles. The fourth-order valence-electron chi connectivity index (χ4n) is 1.96. The molecule has 7 heteroatoms. The summed E-state index contributed by atoms with van der Waals surface area (Å²) < 4.78 is 10.3. The number of rotatable bonds is 8. The first-order valence-electron chi connectivity index (χ1n) is 6.77. The molecule has 1 aromatic carbocycles. The van der Waals surface area contributed by atoms with E-state index in [2.05, 4.69) is 5.32 Å². The number of hydrogen-bond donors (Lipinski definition) is 2. The SMILES string of the molecule is CCOc1c(Cl)cccc1CC(=O)NC(C)(COC)C(=O)O. The van der Waals surface area contributed by atoms with E-state index in [1.807, 2.05) is 6.92 Å². The van der Waals surface area contributed by atoms with Gasteiger partial charge in [0.25, 0.3) is 0 Å². The second kappa shape index (κ2) is 8.00. The molecule has 0 aliphatic heterocycles.